The Bertz CT molecular complexity index is 831. The molecule has 0 N–H and O–H groups in total. The van der Waals surface area contributed by atoms with Crippen LogP contribution in [0.5, 0.6) is 5.75 Å². The third kappa shape index (κ3) is 3.22. The van der Waals surface area contributed by atoms with Gasteiger partial charge < -0.3 is 9.30 Å². The van der Waals surface area contributed by atoms with Gasteiger partial charge in [0.15, 0.2) is 0 Å². The largest absolute Gasteiger partial charge is 0.423 e. The van der Waals surface area contributed by atoms with Crippen molar-refractivity contribution in [2.45, 2.75) is 13.8 Å². The number of rotatable bonds is 3. The summed E-state index contributed by atoms with van der Waals surface area (Å²) < 4.78 is 8.31. The highest BCUT2D eigenvalue weighted by Crippen LogP contribution is 2.22. The van der Waals surface area contributed by atoms with Crippen LogP contribution in [0.1, 0.15) is 21.7 Å². The lowest BCUT2D eigenvalue weighted by molar-refractivity contribution is 0.0734. The number of esters is 1. The summed E-state index contributed by atoms with van der Waals surface area (Å²) in [5.74, 6) is 0.149. The molecule has 23 heavy (non-hydrogen) atoms. The Hall–Kier alpha value is -2.33. The Morgan fingerprint density at radius 3 is 2.13 bits per heavy atom. The average Bonchev–Trinajstić information content (AvgIpc) is 2.87. The molecule has 1 heterocycles. The molecule has 0 atom stereocenters. The molecule has 0 saturated carbocycles. The van der Waals surface area contributed by atoms with Crippen molar-refractivity contribution >= 4 is 21.9 Å². The topological polar surface area (TPSA) is 31.2 Å². The average molecular weight is 370 g/mol. The van der Waals surface area contributed by atoms with Gasteiger partial charge in [0.05, 0.1) is 5.56 Å². The Morgan fingerprint density at radius 1 is 0.913 bits per heavy atom. The van der Waals surface area contributed by atoms with E-state index in [2.05, 4.69) is 46.5 Å². The second-order valence-electron chi connectivity index (χ2n) is 5.31. The second kappa shape index (κ2) is 6.42. The van der Waals surface area contributed by atoms with Gasteiger partial charge in [-0.05, 0) is 78.3 Å². The van der Waals surface area contributed by atoms with Gasteiger partial charge in [0.25, 0.3) is 0 Å². The zero-order valence-electron chi connectivity index (χ0n) is 12.9. The lowest BCUT2D eigenvalue weighted by Crippen LogP contribution is -2.09. The van der Waals surface area contributed by atoms with Crippen LogP contribution in [0.3, 0.4) is 0 Å². The number of halogens is 1. The summed E-state index contributed by atoms with van der Waals surface area (Å²) >= 11 is 3.36. The fourth-order valence-electron chi connectivity index (χ4n) is 2.53. The number of hydrogen-bond acceptors (Lipinski definition) is 2. The summed E-state index contributed by atoms with van der Waals surface area (Å²) in [5, 5.41) is 0. The smallest absolute Gasteiger partial charge is 0.344 e. The molecule has 3 nitrogen and oxygen atoms in total. The summed E-state index contributed by atoms with van der Waals surface area (Å²) in [6.07, 6.45) is 0. The molecule has 0 bridgehead atoms. The van der Waals surface area contributed by atoms with E-state index in [1.54, 1.807) is 6.07 Å². The maximum atomic E-state index is 12.2. The molecule has 0 amide bonds. The molecule has 2 aromatic carbocycles. The summed E-state index contributed by atoms with van der Waals surface area (Å²) in [6, 6.07) is 18.9. The van der Waals surface area contributed by atoms with Crippen molar-refractivity contribution in [1.29, 1.82) is 0 Å². The van der Waals surface area contributed by atoms with Gasteiger partial charge in [-0.25, -0.2) is 4.79 Å². The molecule has 0 unspecified atom stereocenters. The maximum Gasteiger partial charge on any atom is 0.344 e. The van der Waals surface area contributed by atoms with Gasteiger partial charge in [-0.1, -0.05) is 12.1 Å². The summed E-state index contributed by atoms with van der Waals surface area (Å²) in [4.78, 5) is 12.2. The summed E-state index contributed by atoms with van der Waals surface area (Å²) in [5.41, 5.74) is 3.89. The highest BCUT2D eigenvalue weighted by atomic mass is 79.9. The monoisotopic (exact) mass is 369 g/mol. The minimum Gasteiger partial charge on any atom is -0.423 e. The first kappa shape index (κ1) is 15.6. The fraction of sp³-hybridized carbons (Fsp3) is 0.105. The Kier molecular flexibility index (Phi) is 4.35. The Labute approximate surface area is 143 Å². The number of aromatic nitrogens is 1. The molecule has 116 valence electrons. The van der Waals surface area contributed by atoms with Crippen LogP contribution in [0.4, 0.5) is 0 Å². The Balaban J connectivity index is 1.81. The number of benzene rings is 2. The predicted molar refractivity (Wildman–Crippen MR) is 94.3 cm³/mol. The van der Waals surface area contributed by atoms with E-state index in [0.717, 1.165) is 10.2 Å². The number of nitrogens with zero attached hydrogens (tertiary/aromatic N) is 1. The zero-order valence-corrected chi connectivity index (χ0v) is 14.5. The molecule has 1 aromatic heterocycles. The normalized spacial score (nSPS) is 10.6. The molecule has 3 aromatic rings. The zero-order chi connectivity index (χ0) is 16.4. The van der Waals surface area contributed by atoms with Crippen LogP contribution in [0.2, 0.25) is 0 Å². The molecular weight excluding hydrogens is 354 g/mol. The standard InChI is InChI=1S/C19H16BrNO2/c1-13-7-8-14(2)21(13)15-9-11-16(12-10-15)23-19(22)17-5-3-4-6-18(17)20/h3-12H,1-2H3. The summed E-state index contributed by atoms with van der Waals surface area (Å²) in [6.45, 7) is 4.13. The van der Waals surface area contributed by atoms with Gasteiger partial charge in [-0.15, -0.1) is 0 Å². The molecule has 4 heteroatoms. The van der Waals surface area contributed by atoms with E-state index >= 15 is 0 Å². The third-order valence-electron chi connectivity index (χ3n) is 3.67. The van der Waals surface area contributed by atoms with E-state index < -0.39 is 0 Å². The van der Waals surface area contributed by atoms with E-state index in [4.69, 9.17) is 4.74 Å². The van der Waals surface area contributed by atoms with Crippen molar-refractivity contribution in [2.75, 3.05) is 0 Å². The van der Waals surface area contributed by atoms with Crippen molar-refractivity contribution in [1.82, 2.24) is 4.57 Å². The number of carbonyl (C=O) groups is 1. The van der Waals surface area contributed by atoms with E-state index in [1.165, 1.54) is 11.4 Å². The first-order valence-electron chi connectivity index (χ1n) is 7.28. The lowest BCUT2D eigenvalue weighted by atomic mass is 10.2. The first-order valence-corrected chi connectivity index (χ1v) is 8.07. The van der Waals surface area contributed by atoms with Crippen molar-refractivity contribution in [3.05, 3.63) is 82.1 Å². The highest BCUT2D eigenvalue weighted by Gasteiger charge is 2.12. The van der Waals surface area contributed by atoms with Crippen LogP contribution in [-0.2, 0) is 0 Å². The van der Waals surface area contributed by atoms with Crippen LogP contribution < -0.4 is 4.74 Å². The molecule has 0 fully saturated rings. The molecule has 0 aliphatic heterocycles. The van der Waals surface area contributed by atoms with Gasteiger partial charge in [-0.3, -0.25) is 0 Å². The molecule has 0 aliphatic carbocycles. The van der Waals surface area contributed by atoms with E-state index in [9.17, 15) is 4.79 Å². The number of hydrogen-bond donors (Lipinski definition) is 0. The van der Waals surface area contributed by atoms with Crippen molar-refractivity contribution < 1.29 is 9.53 Å². The molecule has 0 saturated heterocycles. The van der Waals surface area contributed by atoms with Crippen LogP contribution in [0.15, 0.2) is 65.1 Å². The van der Waals surface area contributed by atoms with Crippen LogP contribution in [0, 0.1) is 13.8 Å². The molecule has 0 aliphatic rings. The number of carbonyl (C=O) groups excluding carboxylic acids is 1. The molecule has 0 spiro atoms. The fourth-order valence-corrected chi connectivity index (χ4v) is 2.97. The number of aryl methyl sites for hydroxylation is 2. The maximum absolute atomic E-state index is 12.2. The van der Waals surface area contributed by atoms with Crippen LogP contribution in [-0.4, -0.2) is 10.5 Å². The quantitative estimate of drug-likeness (QED) is 0.476. The third-order valence-corrected chi connectivity index (χ3v) is 4.36. The minimum absolute atomic E-state index is 0.376. The molecule has 0 radical (unpaired) electrons. The Morgan fingerprint density at radius 2 is 1.52 bits per heavy atom. The van der Waals surface area contributed by atoms with Gasteiger partial charge in [0.2, 0.25) is 0 Å². The minimum atomic E-state index is -0.376. The van der Waals surface area contributed by atoms with Crippen molar-refractivity contribution in [3.8, 4) is 11.4 Å². The van der Waals surface area contributed by atoms with E-state index in [-0.39, 0.29) is 5.97 Å². The molecular formula is C19H16BrNO2. The lowest BCUT2D eigenvalue weighted by Gasteiger charge is -2.11. The van der Waals surface area contributed by atoms with E-state index in [0.29, 0.717) is 11.3 Å². The van der Waals surface area contributed by atoms with Crippen molar-refractivity contribution in [3.63, 3.8) is 0 Å². The van der Waals surface area contributed by atoms with Crippen LogP contribution in [0.25, 0.3) is 5.69 Å². The van der Waals surface area contributed by atoms with Gasteiger partial charge in [-0.2, -0.15) is 0 Å². The highest BCUT2D eigenvalue weighted by molar-refractivity contribution is 9.10. The van der Waals surface area contributed by atoms with Crippen molar-refractivity contribution in [2.24, 2.45) is 0 Å². The molecule has 3 rings (SSSR count). The second-order valence-corrected chi connectivity index (χ2v) is 6.17. The van der Waals surface area contributed by atoms with E-state index in [1.807, 2.05) is 42.5 Å². The summed E-state index contributed by atoms with van der Waals surface area (Å²) in [7, 11) is 0. The van der Waals surface area contributed by atoms with Gasteiger partial charge in [0.1, 0.15) is 5.75 Å². The predicted octanol–water partition coefficient (Wildman–Crippen LogP) is 5.08. The number of ether oxygens (including phenoxy) is 1. The van der Waals surface area contributed by atoms with Gasteiger partial charge >= 0.3 is 5.97 Å². The van der Waals surface area contributed by atoms with Gasteiger partial charge in [0, 0.05) is 21.5 Å². The SMILES string of the molecule is Cc1ccc(C)n1-c1ccc(OC(=O)c2ccccc2Br)cc1. The van der Waals surface area contributed by atoms with Crippen LogP contribution >= 0.6 is 15.9 Å². The first-order chi connectivity index (χ1) is 11.1.